The van der Waals surface area contributed by atoms with Crippen molar-refractivity contribution in [3.8, 4) is 0 Å². The largest absolute Gasteiger partial charge is 0.370 e. The Balaban J connectivity index is 2.08. The Morgan fingerprint density at radius 2 is 1.24 bits per heavy atom. The van der Waals surface area contributed by atoms with E-state index in [-0.39, 0.29) is 11.8 Å². The maximum atomic E-state index is 11.3. The number of benzene rings is 2. The molecule has 110 valence electrons. The molecule has 2 N–H and O–H groups in total. The third-order valence-electron chi connectivity index (χ3n) is 3.78. The van der Waals surface area contributed by atoms with Crippen molar-refractivity contribution in [3.05, 3.63) is 70.8 Å². The van der Waals surface area contributed by atoms with Gasteiger partial charge in [0.15, 0.2) is 0 Å². The average Bonchev–Trinajstić information content (AvgIpc) is 2.43. The molecule has 0 aromatic heterocycles. The van der Waals surface area contributed by atoms with Gasteiger partial charge in [-0.15, -0.1) is 0 Å². The number of nitrogens with two attached hydrogens (primary N) is 1. The molecule has 0 heterocycles. The molecule has 2 aromatic carbocycles. The minimum Gasteiger partial charge on any atom is -0.370 e. The maximum Gasteiger partial charge on any atom is 0.217 e. The number of carbonyl (C=O) groups excluding carboxylic acids is 1. The Bertz CT molecular complexity index is 536. The van der Waals surface area contributed by atoms with E-state index in [0.29, 0.717) is 6.42 Å². The normalized spacial score (nSPS) is 10.8. The molecule has 0 aliphatic heterocycles. The van der Waals surface area contributed by atoms with Crippen LogP contribution in [0.3, 0.4) is 0 Å². The lowest BCUT2D eigenvalue weighted by atomic mass is 9.89. The fraction of sp³-hybridized carbons (Fsp3) is 0.316. The van der Waals surface area contributed by atoms with Crippen LogP contribution in [-0.2, 0) is 17.6 Å². The summed E-state index contributed by atoms with van der Waals surface area (Å²) in [5, 5.41) is 0. The highest BCUT2D eigenvalue weighted by Gasteiger charge is 2.14. The lowest BCUT2D eigenvalue weighted by Crippen LogP contribution is -2.19. The summed E-state index contributed by atoms with van der Waals surface area (Å²) < 4.78 is 0. The Morgan fingerprint density at radius 3 is 1.57 bits per heavy atom. The Morgan fingerprint density at radius 1 is 0.857 bits per heavy atom. The highest BCUT2D eigenvalue weighted by Crippen LogP contribution is 2.19. The van der Waals surface area contributed by atoms with Crippen LogP contribution in [0.25, 0.3) is 0 Å². The molecule has 2 heteroatoms. The van der Waals surface area contributed by atoms with E-state index in [1.54, 1.807) is 0 Å². The molecule has 0 aliphatic rings. The number of carbonyl (C=O) groups is 1. The van der Waals surface area contributed by atoms with Gasteiger partial charge in [0.05, 0.1) is 0 Å². The van der Waals surface area contributed by atoms with Gasteiger partial charge in [0.2, 0.25) is 5.91 Å². The van der Waals surface area contributed by atoms with E-state index in [0.717, 1.165) is 12.8 Å². The van der Waals surface area contributed by atoms with Crippen LogP contribution in [0, 0.1) is 19.8 Å². The van der Waals surface area contributed by atoms with Gasteiger partial charge in [0.25, 0.3) is 0 Å². The highest BCUT2D eigenvalue weighted by molar-refractivity contribution is 5.74. The van der Waals surface area contributed by atoms with E-state index < -0.39 is 0 Å². The van der Waals surface area contributed by atoms with Crippen LogP contribution in [0.1, 0.15) is 28.7 Å². The molecule has 0 bridgehead atoms. The van der Waals surface area contributed by atoms with Crippen LogP contribution in [-0.4, -0.2) is 5.91 Å². The van der Waals surface area contributed by atoms with Gasteiger partial charge in [-0.3, -0.25) is 4.79 Å². The minimum absolute atomic E-state index is 0.223. The molecule has 0 fully saturated rings. The van der Waals surface area contributed by atoms with Crippen molar-refractivity contribution in [3.63, 3.8) is 0 Å². The molecule has 0 aliphatic carbocycles. The van der Waals surface area contributed by atoms with Crippen molar-refractivity contribution in [2.75, 3.05) is 0 Å². The Hall–Kier alpha value is -2.09. The van der Waals surface area contributed by atoms with Gasteiger partial charge in [-0.2, -0.15) is 0 Å². The summed E-state index contributed by atoms with van der Waals surface area (Å²) in [6.07, 6.45) is 2.20. The van der Waals surface area contributed by atoms with E-state index in [2.05, 4.69) is 62.4 Å². The fourth-order valence-corrected chi connectivity index (χ4v) is 2.62. The molecule has 21 heavy (non-hydrogen) atoms. The lowest BCUT2D eigenvalue weighted by Gasteiger charge is -2.16. The molecular weight excluding hydrogens is 258 g/mol. The quantitative estimate of drug-likeness (QED) is 0.864. The van der Waals surface area contributed by atoms with Crippen LogP contribution in [0.5, 0.6) is 0 Å². The summed E-state index contributed by atoms with van der Waals surface area (Å²) in [7, 11) is 0. The Kier molecular flexibility index (Phi) is 5.15. The third-order valence-corrected chi connectivity index (χ3v) is 3.78. The van der Waals surface area contributed by atoms with E-state index in [9.17, 15) is 4.79 Å². The smallest absolute Gasteiger partial charge is 0.217 e. The fourth-order valence-electron chi connectivity index (χ4n) is 2.62. The van der Waals surface area contributed by atoms with Crippen LogP contribution in [0.2, 0.25) is 0 Å². The summed E-state index contributed by atoms with van der Waals surface area (Å²) in [5.74, 6) is 0.0344. The van der Waals surface area contributed by atoms with Gasteiger partial charge >= 0.3 is 0 Å². The SMILES string of the molecule is Cc1ccc(CC(CC(N)=O)Cc2ccc(C)cc2)cc1. The number of amides is 1. The van der Waals surface area contributed by atoms with Crippen LogP contribution >= 0.6 is 0 Å². The standard InChI is InChI=1S/C19H23NO/c1-14-3-7-16(8-4-14)11-18(13-19(20)21)12-17-9-5-15(2)6-10-17/h3-10,18H,11-13H2,1-2H3,(H2,20,21). The molecule has 0 atom stereocenters. The number of rotatable bonds is 6. The summed E-state index contributed by atoms with van der Waals surface area (Å²) in [4.78, 5) is 11.3. The van der Waals surface area contributed by atoms with Gasteiger partial charge < -0.3 is 5.73 Å². The second-order valence-corrected chi connectivity index (χ2v) is 5.92. The van der Waals surface area contributed by atoms with Gasteiger partial charge in [-0.05, 0) is 43.7 Å². The van der Waals surface area contributed by atoms with E-state index >= 15 is 0 Å². The second kappa shape index (κ2) is 7.07. The van der Waals surface area contributed by atoms with Gasteiger partial charge in [-0.1, -0.05) is 59.7 Å². The van der Waals surface area contributed by atoms with Crippen LogP contribution in [0.4, 0.5) is 0 Å². The molecular formula is C19H23NO. The van der Waals surface area contributed by atoms with E-state index in [1.165, 1.54) is 22.3 Å². The summed E-state index contributed by atoms with van der Waals surface area (Å²) in [5.41, 5.74) is 10.4. The molecule has 2 nitrogen and oxygen atoms in total. The van der Waals surface area contributed by atoms with Crippen molar-refractivity contribution in [1.29, 1.82) is 0 Å². The van der Waals surface area contributed by atoms with E-state index in [4.69, 9.17) is 5.73 Å². The molecule has 0 saturated carbocycles. The minimum atomic E-state index is -0.223. The van der Waals surface area contributed by atoms with E-state index in [1.807, 2.05) is 0 Å². The number of primary amides is 1. The predicted molar refractivity (Wildman–Crippen MR) is 87.1 cm³/mol. The molecule has 2 rings (SSSR count). The maximum absolute atomic E-state index is 11.3. The number of aryl methyl sites for hydroxylation is 2. The van der Waals surface area contributed by atoms with Crippen molar-refractivity contribution in [2.45, 2.75) is 33.1 Å². The molecule has 0 radical (unpaired) electrons. The van der Waals surface area contributed by atoms with Crippen molar-refractivity contribution >= 4 is 5.91 Å². The zero-order valence-electron chi connectivity index (χ0n) is 12.8. The van der Waals surface area contributed by atoms with Crippen molar-refractivity contribution < 1.29 is 4.79 Å². The molecule has 0 saturated heterocycles. The monoisotopic (exact) mass is 281 g/mol. The van der Waals surface area contributed by atoms with Crippen LogP contribution < -0.4 is 5.73 Å². The predicted octanol–water partition coefficient (Wildman–Crippen LogP) is 3.58. The average molecular weight is 281 g/mol. The van der Waals surface area contributed by atoms with Gasteiger partial charge in [0.1, 0.15) is 0 Å². The first-order valence-electron chi connectivity index (χ1n) is 7.42. The number of hydrogen-bond donors (Lipinski definition) is 1. The first-order valence-corrected chi connectivity index (χ1v) is 7.42. The van der Waals surface area contributed by atoms with Crippen molar-refractivity contribution in [2.24, 2.45) is 11.7 Å². The van der Waals surface area contributed by atoms with Gasteiger partial charge in [-0.25, -0.2) is 0 Å². The molecule has 0 unspecified atom stereocenters. The van der Waals surface area contributed by atoms with Crippen molar-refractivity contribution in [1.82, 2.24) is 0 Å². The van der Waals surface area contributed by atoms with Crippen LogP contribution in [0.15, 0.2) is 48.5 Å². The molecule has 1 amide bonds. The lowest BCUT2D eigenvalue weighted by molar-refractivity contribution is -0.118. The Labute approximate surface area is 127 Å². The summed E-state index contributed by atoms with van der Waals surface area (Å²) in [6.45, 7) is 4.16. The number of hydrogen-bond acceptors (Lipinski definition) is 1. The zero-order chi connectivity index (χ0) is 15.2. The topological polar surface area (TPSA) is 43.1 Å². The third kappa shape index (κ3) is 5.07. The molecule has 2 aromatic rings. The second-order valence-electron chi connectivity index (χ2n) is 5.92. The molecule has 0 spiro atoms. The summed E-state index contributed by atoms with van der Waals surface area (Å²) >= 11 is 0. The summed E-state index contributed by atoms with van der Waals surface area (Å²) in [6, 6.07) is 17.0. The first kappa shape index (κ1) is 15.3. The highest BCUT2D eigenvalue weighted by atomic mass is 16.1. The first-order chi connectivity index (χ1) is 10.0. The van der Waals surface area contributed by atoms with Gasteiger partial charge in [0, 0.05) is 6.42 Å². The zero-order valence-corrected chi connectivity index (χ0v) is 12.8.